The molecule has 0 N–H and O–H groups in total. The van der Waals surface area contributed by atoms with E-state index in [4.69, 9.17) is 0 Å². The smallest absolute Gasteiger partial charge is 0.0845 e. The van der Waals surface area contributed by atoms with Crippen molar-refractivity contribution in [3.63, 3.8) is 0 Å². The van der Waals surface area contributed by atoms with Crippen molar-refractivity contribution in [2.75, 3.05) is 13.2 Å². The van der Waals surface area contributed by atoms with Crippen LogP contribution < -0.4 is 0 Å². The third-order valence-electron chi connectivity index (χ3n) is 0.539. The van der Waals surface area contributed by atoms with Crippen molar-refractivity contribution in [2.45, 2.75) is 6.42 Å². The van der Waals surface area contributed by atoms with Crippen LogP contribution in [0.3, 0.4) is 0 Å². The lowest BCUT2D eigenvalue weighted by molar-refractivity contribution is -0.248. The van der Waals surface area contributed by atoms with Crippen LogP contribution in [0.5, 0.6) is 0 Å². The minimum atomic E-state index is 0. The summed E-state index contributed by atoms with van der Waals surface area (Å²) >= 11 is 0. The van der Waals surface area contributed by atoms with Crippen LogP contribution in [-0.4, -0.2) is 13.2 Å². The van der Waals surface area contributed by atoms with Crippen LogP contribution in [0.25, 0.3) is 0 Å². The molecule has 6 heavy (non-hydrogen) atoms. The van der Waals surface area contributed by atoms with Crippen molar-refractivity contribution in [3.05, 3.63) is 0 Å². The molecule has 0 aromatic rings. The third kappa shape index (κ3) is 1.60. The molecule has 1 fully saturated rings. The Balaban J connectivity index is 0.000000250. The predicted octanol–water partition coefficient (Wildman–Crippen LogP) is 0.760. The largest absolute Gasteiger partial charge is 0.237 e. The van der Waals surface area contributed by atoms with Crippen molar-refractivity contribution in [3.8, 4) is 0 Å². The summed E-state index contributed by atoms with van der Waals surface area (Å²) in [5, 5.41) is 0. The Morgan fingerprint density at radius 2 is 1.50 bits per heavy atom. The minimum absolute atomic E-state index is 0. The quantitative estimate of drug-likeness (QED) is 0.429. The highest BCUT2D eigenvalue weighted by atomic mass is 35.5. The van der Waals surface area contributed by atoms with E-state index in [0.29, 0.717) is 0 Å². The second kappa shape index (κ2) is 3.40. The van der Waals surface area contributed by atoms with Gasteiger partial charge in [-0.05, 0) is 0 Å². The predicted molar refractivity (Wildman–Crippen MR) is 23.8 cm³/mol. The maximum Gasteiger partial charge on any atom is 0.0845 e. The summed E-state index contributed by atoms with van der Waals surface area (Å²) in [5.41, 5.74) is 0. The molecular weight excluding hydrogens is 103 g/mol. The van der Waals surface area contributed by atoms with E-state index >= 15 is 0 Å². The van der Waals surface area contributed by atoms with Crippen molar-refractivity contribution in [1.82, 2.24) is 0 Å². The monoisotopic (exact) mass is 110 g/mol. The Hall–Kier alpha value is 0.210. The van der Waals surface area contributed by atoms with Crippen LogP contribution in [0.4, 0.5) is 0 Å². The molecular formula is C3H7ClO2. The van der Waals surface area contributed by atoms with E-state index in [1.165, 1.54) is 0 Å². The molecule has 0 saturated carbocycles. The summed E-state index contributed by atoms with van der Waals surface area (Å²) in [4.78, 5) is 8.89. The fourth-order valence-electron chi connectivity index (χ4n) is 0.295. The Labute approximate surface area is 42.8 Å². The van der Waals surface area contributed by atoms with Gasteiger partial charge in [0.25, 0.3) is 0 Å². The topological polar surface area (TPSA) is 18.5 Å². The van der Waals surface area contributed by atoms with E-state index in [-0.39, 0.29) is 12.4 Å². The van der Waals surface area contributed by atoms with Gasteiger partial charge >= 0.3 is 0 Å². The average Bonchev–Trinajstić information content (AvgIpc) is 1.76. The van der Waals surface area contributed by atoms with Gasteiger partial charge in [-0.15, -0.1) is 12.4 Å². The van der Waals surface area contributed by atoms with Gasteiger partial charge in [-0.1, -0.05) is 0 Å². The summed E-state index contributed by atoms with van der Waals surface area (Å²) in [6, 6.07) is 0. The molecule has 1 aliphatic rings. The normalized spacial score (nSPS) is 20.0. The van der Waals surface area contributed by atoms with Gasteiger partial charge in [-0.3, -0.25) is 0 Å². The summed E-state index contributed by atoms with van der Waals surface area (Å²) in [5.74, 6) is 0. The molecule has 2 nitrogen and oxygen atoms in total. The maximum absolute atomic E-state index is 4.44. The minimum Gasteiger partial charge on any atom is -0.237 e. The molecule has 0 radical (unpaired) electrons. The lowest BCUT2D eigenvalue weighted by atomic mass is 10.5. The van der Waals surface area contributed by atoms with Crippen molar-refractivity contribution < 1.29 is 9.78 Å². The van der Waals surface area contributed by atoms with E-state index in [9.17, 15) is 0 Å². The van der Waals surface area contributed by atoms with E-state index in [0.717, 1.165) is 19.6 Å². The molecule has 1 aliphatic heterocycles. The van der Waals surface area contributed by atoms with Crippen LogP contribution in [0.15, 0.2) is 0 Å². The molecule has 38 valence electrons. The first-order chi connectivity index (χ1) is 2.50. The third-order valence-corrected chi connectivity index (χ3v) is 0.539. The van der Waals surface area contributed by atoms with E-state index in [1.54, 1.807) is 0 Å². The highest BCUT2D eigenvalue weighted by Crippen LogP contribution is 1.93. The number of rotatable bonds is 0. The summed E-state index contributed by atoms with van der Waals surface area (Å²) in [7, 11) is 0. The Morgan fingerprint density at radius 3 is 1.67 bits per heavy atom. The summed E-state index contributed by atoms with van der Waals surface area (Å²) < 4.78 is 0. The first-order valence-electron chi connectivity index (χ1n) is 1.74. The second-order valence-electron chi connectivity index (χ2n) is 0.998. The first-order valence-corrected chi connectivity index (χ1v) is 1.74. The van der Waals surface area contributed by atoms with Crippen LogP contribution in [-0.2, 0) is 9.78 Å². The molecule has 1 rings (SSSR count). The average molecular weight is 111 g/mol. The Kier molecular flexibility index (Phi) is 3.52. The molecule has 0 atom stereocenters. The van der Waals surface area contributed by atoms with Gasteiger partial charge in [0.2, 0.25) is 0 Å². The second-order valence-corrected chi connectivity index (χ2v) is 0.998. The van der Waals surface area contributed by atoms with Gasteiger partial charge in [0.05, 0.1) is 13.2 Å². The fourth-order valence-corrected chi connectivity index (χ4v) is 0.295. The molecule has 0 aromatic heterocycles. The van der Waals surface area contributed by atoms with Crippen LogP contribution in [0.2, 0.25) is 0 Å². The van der Waals surface area contributed by atoms with Gasteiger partial charge in [0, 0.05) is 6.42 Å². The molecule has 0 bridgehead atoms. The van der Waals surface area contributed by atoms with Crippen molar-refractivity contribution >= 4 is 12.4 Å². The molecule has 0 aromatic carbocycles. The Bertz CT molecular complexity index is 20.4. The number of hydrogen-bond donors (Lipinski definition) is 0. The zero-order chi connectivity index (χ0) is 3.54. The summed E-state index contributed by atoms with van der Waals surface area (Å²) in [6.45, 7) is 1.56. The number of hydrogen-bond acceptors (Lipinski definition) is 2. The van der Waals surface area contributed by atoms with Gasteiger partial charge < -0.3 is 0 Å². The molecule has 0 spiro atoms. The van der Waals surface area contributed by atoms with Gasteiger partial charge in [-0.25, -0.2) is 9.78 Å². The van der Waals surface area contributed by atoms with E-state index in [1.807, 2.05) is 0 Å². The van der Waals surface area contributed by atoms with Crippen LogP contribution in [0, 0.1) is 0 Å². The lowest BCUT2D eigenvalue weighted by Gasteiger charge is -1.77. The zero-order valence-corrected chi connectivity index (χ0v) is 4.16. The maximum atomic E-state index is 4.44. The SMILES string of the molecule is C1COOC1.Cl. The molecule has 0 unspecified atom stereocenters. The van der Waals surface area contributed by atoms with Gasteiger partial charge in [0.1, 0.15) is 0 Å². The molecule has 1 saturated heterocycles. The van der Waals surface area contributed by atoms with Gasteiger partial charge in [-0.2, -0.15) is 0 Å². The first kappa shape index (κ1) is 6.21. The molecule has 0 aliphatic carbocycles. The highest BCUT2D eigenvalue weighted by Gasteiger charge is 1.95. The molecule has 3 heteroatoms. The molecule has 1 heterocycles. The van der Waals surface area contributed by atoms with Crippen LogP contribution >= 0.6 is 12.4 Å². The molecule has 0 amide bonds. The Morgan fingerprint density at radius 1 is 1.00 bits per heavy atom. The van der Waals surface area contributed by atoms with Crippen LogP contribution in [0.1, 0.15) is 6.42 Å². The summed E-state index contributed by atoms with van der Waals surface area (Å²) in [6.07, 6.45) is 1.06. The van der Waals surface area contributed by atoms with Crippen molar-refractivity contribution in [1.29, 1.82) is 0 Å². The van der Waals surface area contributed by atoms with E-state index < -0.39 is 0 Å². The van der Waals surface area contributed by atoms with E-state index in [2.05, 4.69) is 9.78 Å². The standard InChI is InChI=1S/C3H6O2.ClH/c1-2-4-5-3-1;/h1-3H2;1H. The fraction of sp³-hybridized carbons (Fsp3) is 1.00. The van der Waals surface area contributed by atoms with Crippen molar-refractivity contribution in [2.24, 2.45) is 0 Å². The highest BCUT2D eigenvalue weighted by molar-refractivity contribution is 5.85. The van der Waals surface area contributed by atoms with Gasteiger partial charge in [0.15, 0.2) is 0 Å². The lowest BCUT2D eigenvalue weighted by Crippen LogP contribution is -1.72. The zero-order valence-electron chi connectivity index (χ0n) is 3.35. The number of halogens is 1.